The molecule has 0 aromatic heterocycles. The molecule has 0 saturated carbocycles. The van der Waals surface area contributed by atoms with E-state index in [1.807, 2.05) is 9.80 Å². The van der Waals surface area contributed by atoms with Crippen molar-refractivity contribution in [3.8, 4) is 0 Å². The Morgan fingerprint density at radius 3 is 2.48 bits per heavy atom. The van der Waals surface area contributed by atoms with Gasteiger partial charge < -0.3 is 10.0 Å². The smallest absolute Gasteiger partial charge is 0.307 e. The van der Waals surface area contributed by atoms with Crippen molar-refractivity contribution >= 4 is 22.6 Å². The molecule has 2 heterocycles. The van der Waals surface area contributed by atoms with E-state index in [-0.39, 0.29) is 11.8 Å². The SMILES string of the molecule is O=C(O)C1CCCN(CC(=O)N2CCN(Cc3cccc4ccccc34)CC2)C1. The number of carbonyl (C=O) groups is 2. The van der Waals surface area contributed by atoms with Gasteiger partial charge in [-0.2, -0.15) is 0 Å². The number of piperidine rings is 1. The first kappa shape index (κ1) is 19.9. The summed E-state index contributed by atoms with van der Waals surface area (Å²) in [6.45, 7) is 5.75. The van der Waals surface area contributed by atoms with E-state index in [0.29, 0.717) is 19.5 Å². The second kappa shape index (κ2) is 8.93. The molecule has 2 aliphatic rings. The summed E-state index contributed by atoms with van der Waals surface area (Å²) in [6.07, 6.45) is 1.57. The lowest BCUT2D eigenvalue weighted by atomic mass is 9.98. The van der Waals surface area contributed by atoms with Gasteiger partial charge in [0.25, 0.3) is 0 Å². The molecule has 0 radical (unpaired) electrons. The van der Waals surface area contributed by atoms with Gasteiger partial charge in [-0.1, -0.05) is 42.5 Å². The zero-order valence-electron chi connectivity index (χ0n) is 16.8. The van der Waals surface area contributed by atoms with Crippen molar-refractivity contribution in [2.24, 2.45) is 5.92 Å². The molecule has 2 aliphatic heterocycles. The zero-order valence-corrected chi connectivity index (χ0v) is 16.8. The summed E-state index contributed by atoms with van der Waals surface area (Å²) >= 11 is 0. The number of piperazine rings is 1. The molecule has 2 fully saturated rings. The fraction of sp³-hybridized carbons (Fsp3) is 0.478. The van der Waals surface area contributed by atoms with Gasteiger partial charge >= 0.3 is 5.97 Å². The largest absolute Gasteiger partial charge is 0.481 e. The minimum atomic E-state index is -0.746. The molecule has 2 aromatic rings. The number of amides is 1. The first-order chi connectivity index (χ1) is 14.1. The molecule has 0 spiro atoms. The van der Waals surface area contributed by atoms with Crippen LogP contribution in [0.2, 0.25) is 0 Å². The molecule has 1 atom stereocenters. The van der Waals surface area contributed by atoms with Gasteiger partial charge in [0, 0.05) is 39.3 Å². The normalized spacial score (nSPS) is 21.4. The number of benzene rings is 2. The van der Waals surface area contributed by atoms with Gasteiger partial charge in [-0.15, -0.1) is 0 Å². The van der Waals surface area contributed by atoms with Crippen LogP contribution < -0.4 is 0 Å². The number of hydrogen-bond acceptors (Lipinski definition) is 4. The summed E-state index contributed by atoms with van der Waals surface area (Å²) in [5.41, 5.74) is 1.33. The zero-order chi connectivity index (χ0) is 20.2. The van der Waals surface area contributed by atoms with Gasteiger partial charge in [-0.25, -0.2) is 0 Å². The lowest BCUT2D eigenvalue weighted by Gasteiger charge is -2.37. The first-order valence-corrected chi connectivity index (χ1v) is 10.5. The number of aliphatic carboxylic acids is 1. The van der Waals surface area contributed by atoms with Gasteiger partial charge in [-0.3, -0.25) is 19.4 Å². The fourth-order valence-corrected chi connectivity index (χ4v) is 4.52. The molecule has 2 saturated heterocycles. The number of carboxylic acids is 1. The molecular formula is C23H29N3O3. The van der Waals surface area contributed by atoms with Gasteiger partial charge in [0.1, 0.15) is 0 Å². The number of fused-ring (bicyclic) bond motifs is 1. The third kappa shape index (κ3) is 4.77. The molecule has 154 valence electrons. The minimum absolute atomic E-state index is 0.126. The Hall–Kier alpha value is -2.44. The number of carboxylic acid groups (broad SMARTS) is 1. The molecule has 6 heteroatoms. The quantitative estimate of drug-likeness (QED) is 0.842. The van der Waals surface area contributed by atoms with Crippen LogP contribution in [0.15, 0.2) is 42.5 Å². The molecule has 29 heavy (non-hydrogen) atoms. The van der Waals surface area contributed by atoms with Crippen LogP contribution in [0.3, 0.4) is 0 Å². The van der Waals surface area contributed by atoms with Gasteiger partial charge in [-0.05, 0) is 35.7 Å². The summed E-state index contributed by atoms with van der Waals surface area (Å²) in [6, 6.07) is 14.9. The first-order valence-electron chi connectivity index (χ1n) is 10.5. The van der Waals surface area contributed by atoms with Crippen LogP contribution >= 0.6 is 0 Å². The van der Waals surface area contributed by atoms with Crippen LogP contribution in [0.5, 0.6) is 0 Å². The van der Waals surface area contributed by atoms with Crippen molar-refractivity contribution in [2.45, 2.75) is 19.4 Å². The summed E-state index contributed by atoms with van der Waals surface area (Å²) in [5, 5.41) is 11.8. The average molecular weight is 396 g/mol. The standard InChI is InChI=1S/C23H29N3O3/c27-22(17-25-10-4-8-20(16-25)23(28)29)26-13-11-24(12-14-26)15-19-7-3-6-18-5-1-2-9-21(18)19/h1-3,5-7,9,20H,4,8,10-17H2,(H,28,29). The molecule has 1 N–H and O–H groups in total. The molecule has 0 bridgehead atoms. The second-order valence-corrected chi connectivity index (χ2v) is 8.21. The van der Waals surface area contributed by atoms with E-state index in [4.69, 9.17) is 0 Å². The van der Waals surface area contributed by atoms with Crippen LogP contribution in [0.25, 0.3) is 10.8 Å². The molecule has 4 rings (SSSR count). The predicted molar refractivity (Wildman–Crippen MR) is 113 cm³/mol. The maximum Gasteiger partial charge on any atom is 0.307 e. The molecular weight excluding hydrogens is 366 g/mol. The fourth-order valence-electron chi connectivity index (χ4n) is 4.52. The monoisotopic (exact) mass is 395 g/mol. The van der Waals surface area contributed by atoms with Crippen LogP contribution in [0, 0.1) is 5.92 Å². The van der Waals surface area contributed by atoms with Crippen LogP contribution in [0.4, 0.5) is 0 Å². The maximum absolute atomic E-state index is 12.7. The second-order valence-electron chi connectivity index (χ2n) is 8.21. The number of rotatable bonds is 5. The van der Waals surface area contributed by atoms with Crippen molar-refractivity contribution in [3.05, 3.63) is 48.0 Å². The summed E-state index contributed by atoms with van der Waals surface area (Å²) in [4.78, 5) is 30.3. The van der Waals surface area contributed by atoms with Crippen molar-refractivity contribution in [2.75, 3.05) is 45.8 Å². The highest BCUT2D eigenvalue weighted by Gasteiger charge is 2.28. The molecule has 1 unspecified atom stereocenters. The minimum Gasteiger partial charge on any atom is -0.481 e. The van der Waals surface area contributed by atoms with Crippen LogP contribution in [0.1, 0.15) is 18.4 Å². The topological polar surface area (TPSA) is 64.1 Å². The molecule has 2 aromatic carbocycles. The van der Waals surface area contributed by atoms with Crippen molar-refractivity contribution < 1.29 is 14.7 Å². The Bertz CT molecular complexity index is 871. The lowest BCUT2D eigenvalue weighted by Crippen LogP contribution is -2.52. The average Bonchev–Trinajstić information content (AvgIpc) is 2.75. The Morgan fingerprint density at radius 1 is 0.931 bits per heavy atom. The maximum atomic E-state index is 12.7. The van der Waals surface area contributed by atoms with E-state index in [1.165, 1.54) is 16.3 Å². The van der Waals surface area contributed by atoms with Crippen LogP contribution in [-0.4, -0.2) is 77.5 Å². The van der Waals surface area contributed by atoms with Gasteiger partial charge in [0.05, 0.1) is 12.5 Å². The Labute approximate surface area is 171 Å². The van der Waals surface area contributed by atoms with Crippen molar-refractivity contribution in [1.82, 2.24) is 14.7 Å². The van der Waals surface area contributed by atoms with E-state index in [2.05, 4.69) is 47.4 Å². The summed E-state index contributed by atoms with van der Waals surface area (Å²) < 4.78 is 0. The number of likely N-dealkylation sites (tertiary alicyclic amines) is 1. The van der Waals surface area contributed by atoms with E-state index in [9.17, 15) is 14.7 Å². The molecule has 0 aliphatic carbocycles. The van der Waals surface area contributed by atoms with E-state index in [0.717, 1.165) is 45.7 Å². The highest BCUT2D eigenvalue weighted by molar-refractivity contribution is 5.85. The number of nitrogens with zero attached hydrogens (tertiary/aromatic N) is 3. The number of carbonyl (C=O) groups excluding carboxylic acids is 1. The highest BCUT2D eigenvalue weighted by Crippen LogP contribution is 2.21. The summed E-state index contributed by atoms with van der Waals surface area (Å²) in [7, 11) is 0. The molecule has 1 amide bonds. The summed E-state index contributed by atoms with van der Waals surface area (Å²) in [5.74, 6) is -0.959. The Morgan fingerprint density at radius 2 is 1.69 bits per heavy atom. The Balaban J connectivity index is 1.29. The van der Waals surface area contributed by atoms with Gasteiger partial charge in [0.15, 0.2) is 0 Å². The third-order valence-corrected chi connectivity index (χ3v) is 6.21. The Kier molecular flexibility index (Phi) is 6.11. The highest BCUT2D eigenvalue weighted by atomic mass is 16.4. The molecule has 6 nitrogen and oxygen atoms in total. The van der Waals surface area contributed by atoms with E-state index in [1.54, 1.807) is 0 Å². The lowest BCUT2D eigenvalue weighted by molar-refractivity contribution is -0.145. The van der Waals surface area contributed by atoms with Crippen molar-refractivity contribution in [3.63, 3.8) is 0 Å². The van der Waals surface area contributed by atoms with Gasteiger partial charge in [0.2, 0.25) is 5.91 Å². The predicted octanol–water partition coefficient (Wildman–Crippen LogP) is 2.28. The van der Waals surface area contributed by atoms with Crippen LogP contribution in [-0.2, 0) is 16.1 Å². The van der Waals surface area contributed by atoms with Crippen molar-refractivity contribution in [1.29, 1.82) is 0 Å². The number of hydrogen-bond donors (Lipinski definition) is 1. The third-order valence-electron chi connectivity index (χ3n) is 6.21. The van der Waals surface area contributed by atoms with E-state index >= 15 is 0 Å². The van der Waals surface area contributed by atoms with E-state index < -0.39 is 5.97 Å².